The molecule has 1 aromatic carbocycles. The number of sulfonamides is 1. The van der Waals surface area contributed by atoms with Crippen LogP contribution in [0.2, 0.25) is 0 Å². The molecule has 0 spiro atoms. The third kappa shape index (κ3) is 4.72. The SMILES string of the molecule is Cc1cc2c(cc1S(=O)(=O)N1CCCC1C(=O)NC1CCCCCCC1)OCC(=O)N2. The molecular weight excluding hydrogens is 418 g/mol. The Morgan fingerprint density at radius 3 is 2.55 bits per heavy atom. The maximum atomic E-state index is 13.5. The molecule has 2 N–H and O–H groups in total. The van der Waals surface area contributed by atoms with Crippen molar-refractivity contribution in [1.82, 2.24) is 9.62 Å². The highest BCUT2D eigenvalue weighted by molar-refractivity contribution is 7.89. The van der Waals surface area contributed by atoms with E-state index < -0.39 is 16.1 Å². The monoisotopic (exact) mass is 449 g/mol. The second-order valence-corrected chi connectivity index (χ2v) is 10.6. The van der Waals surface area contributed by atoms with Crippen molar-refractivity contribution >= 4 is 27.5 Å². The first kappa shape index (κ1) is 22.1. The van der Waals surface area contributed by atoms with E-state index >= 15 is 0 Å². The number of benzene rings is 1. The van der Waals surface area contributed by atoms with Crippen LogP contribution in [0.25, 0.3) is 0 Å². The minimum atomic E-state index is -3.88. The topological polar surface area (TPSA) is 105 Å². The second kappa shape index (κ2) is 9.16. The minimum Gasteiger partial charge on any atom is -0.482 e. The number of rotatable bonds is 4. The summed E-state index contributed by atoms with van der Waals surface area (Å²) >= 11 is 0. The van der Waals surface area contributed by atoms with E-state index in [1.165, 1.54) is 29.6 Å². The molecule has 1 aromatic rings. The van der Waals surface area contributed by atoms with Gasteiger partial charge >= 0.3 is 0 Å². The first-order chi connectivity index (χ1) is 14.9. The van der Waals surface area contributed by atoms with Crippen LogP contribution >= 0.6 is 0 Å². The molecule has 170 valence electrons. The van der Waals surface area contributed by atoms with Gasteiger partial charge in [-0.05, 0) is 44.2 Å². The zero-order valence-electron chi connectivity index (χ0n) is 18.0. The average Bonchev–Trinajstić information content (AvgIpc) is 3.20. The highest BCUT2D eigenvalue weighted by atomic mass is 32.2. The first-order valence-electron chi connectivity index (χ1n) is 11.3. The van der Waals surface area contributed by atoms with Gasteiger partial charge in [-0.15, -0.1) is 0 Å². The molecule has 9 heteroatoms. The third-order valence-corrected chi connectivity index (χ3v) is 8.50. The fourth-order valence-corrected chi connectivity index (χ4v) is 6.69. The number of fused-ring (bicyclic) bond motifs is 1. The molecule has 2 aliphatic heterocycles. The quantitative estimate of drug-likeness (QED) is 0.735. The van der Waals surface area contributed by atoms with Gasteiger partial charge in [-0.2, -0.15) is 4.31 Å². The number of hydrogen-bond donors (Lipinski definition) is 2. The van der Waals surface area contributed by atoms with Crippen molar-refractivity contribution in [2.45, 2.75) is 81.7 Å². The average molecular weight is 450 g/mol. The van der Waals surface area contributed by atoms with Gasteiger partial charge in [-0.3, -0.25) is 9.59 Å². The fraction of sp³-hybridized carbons (Fsp3) is 0.636. The first-order valence-corrected chi connectivity index (χ1v) is 12.7. The lowest BCUT2D eigenvalue weighted by Gasteiger charge is -2.28. The predicted octanol–water partition coefficient (Wildman–Crippen LogP) is 2.71. The van der Waals surface area contributed by atoms with Gasteiger partial charge in [0.1, 0.15) is 11.8 Å². The van der Waals surface area contributed by atoms with E-state index in [1.807, 2.05) is 0 Å². The standard InChI is InChI=1S/C22H31N3O5S/c1-15-12-17-19(30-14-21(26)24-17)13-20(15)31(28,29)25-11-7-10-18(25)22(27)23-16-8-5-3-2-4-6-9-16/h12-13,16,18H,2-11,14H2,1H3,(H,23,27)(H,24,26). The number of nitrogens with zero attached hydrogens (tertiary/aromatic N) is 1. The van der Waals surface area contributed by atoms with Gasteiger partial charge in [0.15, 0.2) is 6.61 Å². The second-order valence-electron chi connectivity index (χ2n) is 8.78. The Balaban J connectivity index is 1.53. The minimum absolute atomic E-state index is 0.119. The Kier molecular flexibility index (Phi) is 6.52. The maximum Gasteiger partial charge on any atom is 0.262 e. The van der Waals surface area contributed by atoms with E-state index in [4.69, 9.17) is 4.74 Å². The molecule has 1 saturated heterocycles. The Labute approximate surface area is 183 Å². The van der Waals surface area contributed by atoms with Gasteiger partial charge in [0.2, 0.25) is 15.9 Å². The Morgan fingerprint density at radius 2 is 1.81 bits per heavy atom. The molecular formula is C22H31N3O5S. The van der Waals surface area contributed by atoms with Crippen LogP contribution < -0.4 is 15.4 Å². The maximum absolute atomic E-state index is 13.5. The van der Waals surface area contributed by atoms with Crippen molar-refractivity contribution in [2.75, 3.05) is 18.5 Å². The van der Waals surface area contributed by atoms with Gasteiger partial charge in [0.05, 0.1) is 10.6 Å². The molecule has 0 bridgehead atoms. The summed E-state index contributed by atoms with van der Waals surface area (Å²) < 4.78 is 33.8. The number of anilines is 1. The fourth-order valence-electron chi connectivity index (χ4n) is 4.81. The lowest BCUT2D eigenvalue weighted by molar-refractivity contribution is -0.125. The van der Waals surface area contributed by atoms with E-state index in [0.717, 1.165) is 25.7 Å². The van der Waals surface area contributed by atoms with Crippen LogP contribution in [-0.2, 0) is 19.6 Å². The largest absolute Gasteiger partial charge is 0.482 e. The molecule has 1 unspecified atom stereocenters. The third-order valence-electron chi connectivity index (χ3n) is 6.45. The van der Waals surface area contributed by atoms with Crippen LogP contribution in [0, 0.1) is 6.92 Å². The van der Waals surface area contributed by atoms with Crippen LogP contribution in [0.4, 0.5) is 5.69 Å². The molecule has 1 saturated carbocycles. The number of aryl methyl sites for hydroxylation is 1. The summed E-state index contributed by atoms with van der Waals surface area (Å²) in [5.41, 5.74) is 0.975. The van der Waals surface area contributed by atoms with E-state index in [2.05, 4.69) is 10.6 Å². The molecule has 8 nitrogen and oxygen atoms in total. The molecule has 2 amide bonds. The van der Waals surface area contributed by atoms with Crippen LogP contribution in [-0.4, -0.2) is 49.8 Å². The molecule has 0 aromatic heterocycles. The van der Waals surface area contributed by atoms with Crippen molar-refractivity contribution in [1.29, 1.82) is 0 Å². The number of carbonyl (C=O) groups is 2. The van der Waals surface area contributed by atoms with Crippen LogP contribution in [0.1, 0.15) is 63.4 Å². The van der Waals surface area contributed by atoms with Gasteiger partial charge in [0, 0.05) is 18.7 Å². The van der Waals surface area contributed by atoms with Gasteiger partial charge in [-0.1, -0.05) is 32.1 Å². The van der Waals surface area contributed by atoms with Crippen molar-refractivity contribution in [3.05, 3.63) is 17.7 Å². The van der Waals surface area contributed by atoms with Crippen molar-refractivity contribution in [2.24, 2.45) is 0 Å². The summed E-state index contributed by atoms with van der Waals surface area (Å²) in [6, 6.07) is 2.51. The van der Waals surface area contributed by atoms with Crippen molar-refractivity contribution in [3.8, 4) is 5.75 Å². The van der Waals surface area contributed by atoms with E-state index in [-0.39, 0.29) is 29.4 Å². The Morgan fingerprint density at radius 1 is 1.10 bits per heavy atom. The lowest BCUT2D eigenvalue weighted by Crippen LogP contribution is -2.49. The zero-order chi connectivity index (χ0) is 22.0. The van der Waals surface area contributed by atoms with E-state index in [1.54, 1.807) is 13.0 Å². The van der Waals surface area contributed by atoms with Crippen molar-refractivity contribution < 1.29 is 22.7 Å². The molecule has 1 aliphatic carbocycles. The van der Waals surface area contributed by atoms with Gasteiger partial charge in [0.25, 0.3) is 5.91 Å². The summed E-state index contributed by atoms with van der Waals surface area (Å²) in [5.74, 6) is -0.128. The molecule has 2 fully saturated rings. The molecule has 0 radical (unpaired) electrons. The Bertz CT molecular complexity index is 954. The number of ether oxygens (including phenoxy) is 1. The zero-order valence-corrected chi connectivity index (χ0v) is 18.8. The normalized spacial score (nSPS) is 23.3. The summed E-state index contributed by atoms with van der Waals surface area (Å²) in [7, 11) is -3.88. The highest BCUT2D eigenvalue weighted by Crippen LogP contribution is 2.36. The van der Waals surface area contributed by atoms with Gasteiger partial charge < -0.3 is 15.4 Å². The summed E-state index contributed by atoms with van der Waals surface area (Å²) in [6.07, 6.45) is 8.92. The smallest absolute Gasteiger partial charge is 0.262 e. The summed E-state index contributed by atoms with van der Waals surface area (Å²) in [4.78, 5) is 24.7. The van der Waals surface area contributed by atoms with Gasteiger partial charge in [-0.25, -0.2) is 8.42 Å². The predicted molar refractivity (Wildman–Crippen MR) is 116 cm³/mol. The lowest BCUT2D eigenvalue weighted by atomic mass is 9.96. The summed E-state index contributed by atoms with van der Waals surface area (Å²) in [6.45, 7) is 1.86. The van der Waals surface area contributed by atoms with Crippen LogP contribution in [0.3, 0.4) is 0 Å². The highest BCUT2D eigenvalue weighted by Gasteiger charge is 2.41. The molecule has 4 rings (SSSR count). The number of amides is 2. The number of carbonyl (C=O) groups excluding carboxylic acids is 2. The number of nitrogens with one attached hydrogen (secondary N) is 2. The molecule has 31 heavy (non-hydrogen) atoms. The van der Waals surface area contributed by atoms with Crippen LogP contribution in [0.5, 0.6) is 5.75 Å². The summed E-state index contributed by atoms with van der Waals surface area (Å²) in [5, 5.41) is 5.83. The van der Waals surface area contributed by atoms with Crippen molar-refractivity contribution in [3.63, 3.8) is 0 Å². The molecule has 3 aliphatic rings. The molecule has 2 heterocycles. The van der Waals surface area contributed by atoms with Crippen LogP contribution in [0.15, 0.2) is 17.0 Å². The van der Waals surface area contributed by atoms with E-state index in [0.29, 0.717) is 36.4 Å². The number of hydrogen-bond acceptors (Lipinski definition) is 5. The Hall–Kier alpha value is -2.13. The molecule has 1 atom stereocenters. The van der Waals surface area contributed by atoms with E-state index in [9.17, 15) is 18.0 Å².